The highest BCUT2D eigenvalue weighted by molar-refractivity contribution is 6.09. The zero-order valence-electron chi connectivity index (χ0n) is 20.9. The maximum atomic E-state index is 14.2. The van der Waals surface area contributed by atoms with E-state index in [0.717, 1.165) is 16.9 Å². The first-order valence-corrected chi connectivity index (χ1v) is 12.0. The van der Waals surface area contributed by atoms with E-state index in [0.29, 0.717) is 29.2 Å². The van der Waals surface area contributed by atoms with Gasteiger partial charge in [-0.3, -0.25) is 14.5 Å². The van der Waals surface area contributed by atoms with Crippen LogP contribution in [0.5, 0.6) is 11.5 Å². The first kappa shape index (κ1) is 23.7. The fourth-order valence-electron chi connectivity index (χ4n) is 5.33. The predicted octanol–water partition coefficient (Wildman–Crippen LogP) is 6.02. The normalized spacial score (nSPS) is 20.3. The lowest BCUT2D eigenvalue weighted by Gasteiger charge is -2.39. The van der Waals surface area contributed by atoms with Gasteiger partial charge in [0.1, 0.15) is 5.78 Å². The third kappa shape index (κ3) is 4.13. The fraction of sp³-hybridized carbons (Fsp3) is 0.267. The lowest BCUT2D eigenvalue weighted by atomic mass is 9.72. The molecule has 0 fully saturated rings. The highest BCUT2D eigenvalue weighted by Gasteiger charge is 2.46. The second-order valence-corrected chi connectivity index (χ2v) is 9.95. The van der Waals surface area contributed by atoms with E-state index in [-0.39, 0.29) is 17.1 Å². The average molecular weight is 483 g/mol. The number of ether oxygens (including phenoxy) is 2. The Labute approximate surface area is 211 Å². The molecule has 184 valence electrons. The first-order chi connectivity index (χ1) is 17.3. The van der Waals surface area contributed by atoms with E-state index >= 15 is 0 Å². The number of nitrogens with zero attached hydrogens (tertiary/aromatic N) is 1. The van der Waals surface area contributed by atoms with E-state index in [4.69, 9.17) is 9.47 Å². The predicted molar refractivity (Wildman–Crippen MR) is 141 cm³/mol. The number of para-hydroxylation sites is 2. The van der Waals surface area contributed by atoms with Crippen molar-refractivity contribution in [2.45, 2.75) is 26.3 Å². The molecule has 1 aliphatic heterocycles. The molecule has 36 heavy (non-hydrogen) atoms. The van der Waals surface area contributed by atoms with Gasteiger partial charge in [0.15, 0.2) is 11.5 Å². The largest absolute Gasteiger partial charge is 0.493 e. The number of fused-ring (bicyclic) bond motifs is 2. The summed E-state index contributed by atoms with van der Waals surface area (Å²) in [5.41, 5.74) is 3.35. The molecule has 0 saturated carbocycles. The van der Waals surface area contributed by atoms with Crippen LogP contribution in [0.3, 0.4) is 0 Å². The van der Waals surface area contributed by atoms with Gasteiger partial charge < -0.3 is 14.8 Å². The van der Waals surface area contributed by atoms with Crippen molar-refractivity contribution in [2.75, 3.05) is 24.4 Å². The van der Waals surface area contributed by atoms with Gasteiger partial charge in [-0.25, -0.2) is 0 Å². The number of carbonyl (C=O) groups excluding carboxylic acids is 2. The minimum absolute atomic E-state index is 0.0865. The monoisotopic (exact) mass is 482 g/mol. The Kier molecular flexibility index (Phi) is 6.04. The molecule has 3 aromatic carbocycles. The Bertz CT molecular complexity index is 1350. The molecule has 0 saturated heterocycles. The Morgan fingerprint density at radius 3 is 2.36 bits per heavy atom. The number of hydrogen-bond donors (Lipinski definition) is 1. The van der Waals surface area contributed by atoms with Gasteiger partial charge in [-0.1, -0.05) is 56.3 Å². The summed E-state index contributed by atoms with van der Waals surface area (Å²) in [6.07, 6.45) is 2.52. The molecule has 1 heterocycles. The summed E-state index contributed by atoms with van der Waals surface area (Å²) in [5.74, 6) is 0.464. The molecule has 0 radical (unpaired) electrons. The summed E-state index contributed by atoms with van der Waals surface area (Å²) in [6, 6.07) is 21.9. The van der Waals surface area contributed by atoms with Crippen molar-refractivity contribution < 1.29 is 19.1 Å². The molecule has 6 nitrogen and oxygen atoms in total. The Balaban J connectivity index is 1.79. The molecule has 0 spiro atoms. The Morgan fingerprint density at radius 1 is 0.944 bits per heavy atom. The van der Waals surface area contributed by atoms with Crippen LogP contribution in [-0.2, 0) is 4.79 Å². The van der Waals surface area contributed by atoms with Crippen LogP contribution < -0.4 is 19.7 Å². The molecule has 2 aliphatic rings. The zero-order chi connectivity index (χ0) is 25.4. The van der Waals surface area contributed by atoms with Crippen molar-refractivity contribution in [3.05, 3.63) is 95.7 Å². The minimum atomic E-state index is -0.594. The number of allylic oxidation sites excluding steroid dienone is 1. The summed E-state index contributed by atoms with van der Waals surface area (Å²) >= 11 is 0. The van der Waals surface area contributed by atoms with E-state index < -0.39 is 12.0 Å². The van der Waals surface area contributed by atoms with Crippen molar-refractivity contribution in [1.29, 1.82) is 0 Å². The Hall–Kier alpha value is -4.06. The zero-order valence-corrected chi connectivity index (χ0v) is 20.9. The van der Waals surface area contributed by atoms with Crippen LogP contribution in [0.25, 0.3) is 0 Å². The molecule has 6 heteroatoms. The highest BCUT2D eigenvalue weighted by Crippen LogP contribution is 2.49. The third-order valence-corrected chi connectivity index (χ3v) is 6.88. The van der Waals surface area contributed by atoms with Crippen molar-refractivity contribution in [1.82, 2.24) is 0 Å². The van der Waals surface area contributed by atoms with Crippen LogP contribution in [-0.4, -0.2) is 25.9 Å². The topological polar surface area (TPSA) is 67.9 Å². The van der Waals surface area contributed by atoms with Crippen molar-refractivity contribution >= 4 is 23.1 Å². The van der Waals surface area contributed by atoms with Gasteiger partial charge in [-0.15, -0.1) is 0 Å². The van der Waals surface area contributed by atoms with E-state index in [1.807, 2.05) is 60.7 Å². The van der Waals surface area contributed by atoms with E-state index in [1.54, 1.807) is 31.3 Å². The number of anilines is 2. The number of ketones is 1. The summed E-state index contributed by atoms with van der Waals surface area (Å²) < 4.78 is 11.1. The van der Waals surface area contributed by atoms with E-state index in [9.17, 15) is 9.59 Å². The van der Waals surface area contributed by atoms with Gasteiger partial charge >= 0.3 is 0 Å². The average Bonchev–Trinajstić information content (AvgIpc) is 3.02. The molecule has 2 atom stereocenters. The van der Waals surface area contributed by atoms with Gasteiger partial charge in [0.25, 0.3) is 5.91 Å². The maximum Gasteiger partial charge on any atom is 0.258 e. The fourth-order valence-corrected chi connectivity index (χ4v) is 5.33. The SMILES string of the molecule is COc1ccc([C@@H]2[C@H]3C(=O)CC(C)(C)C=C3Nc3ccccc3N2C(=O)c2ccccc2)cc1OC. The van der Waals surface area contributed by atoms with Gasteiger partial charge in [-0.2, -0.15) is 0 Å². The van der Waals surface area contributed by atoms with Crippen LogP contribution >= 0.6 is 0 Å². The number of rotatable bonds is 4. The van der Waals surface area contributed by atoms with Gasteiger partial charge in [0.2, 0.25) is 0 Å². The number of methoxy groups -OCH3 is 2. The number of Topliss-reactive ketones (excluding diaryl/α,β-unsaturated/α-hetero) is 1. The molecule has 5 rings (SSSR count). The second kappa shape index (κ2) is 9.19. The lowest BCUT2D eigenvalue weighted by Crippen LogP contribution is -2.43. The van der Waals surface area contributed by atoms with Gasteiger partial charge in [0, 0.05) is 17.7 Å². The standard InChI is InChI=1S/C30H30N2O4/c1-30(2)17-22-27(24(33)18-30)28(20-14-15-25(35-3)26(16-20)36-4)32(23-13-9-8-12-21(23)31-22)29(34)19-10-6-5-7-11-19/h5-17,27-28,31H,18H2,1-4H3/t27-,28-/m1/s1. The van der Waals surface area contributed by atoms with Crippen LogP contribution in [0.1, 0.15) is 42.2 Å². The first-order valence-electron chi connectivity index (χ1n) is 12.0. The second-order valence-electron chi connectivity index (χ2n) is 9.95. The minimum Gasteiger partial charge on any atom is -0.493 e. The summed E-state index contributed by atoms with van der Waals surface area (Å²) in [6.45, 7) is 4.12. The van der Waals surface area contributed by atoms with Crippen molar-refractivity contribution in [3.8, 4) is 11.5 Å². The van der Waals surface area contributed by atoms with Crippen LogP contribution in [0.4, 0.5) is 11.4 Å². The smallest absolute Gasteiger partial charge is 0.258 e. The van der Waals surface area contributed by atoms with Gasteiger partial charge in [-0.05, 0) is 47.4 Å². The number of benzene rings is 3. The highest BCUT2D eigenvalue weighted by atomic mass is 16.5. The summed E-state index contributed by atoms with van der Waals surface area (Å²) in [7, 11) is 3.17. The molecule has 0 bridgehead atoms. The number of carbonyl (C=O) groups is 2. The van der Waals surface area contributed by atoms with Crippen LogP contribution in [0.2, 0.25) is 0 Å². The molecular formula is C30H30N2O4. The Morgan fingerprint density at radius 2 is 1.64 bits per heavy atom. The summed E-state index contributed by atoms with van der Waals surface area (Å²) in [5, 5.41) is 3.53. The number of hydrogen-bond acceptors (Lipinski definition) is 5. The number of nitrogens with one attached hydrogen (secondary N) is 1. The maximum absolute atomic E-state index is 14.2. The van der Waals surface area contributed by atoms with E-state index in [1.165, 1.54) is 0 Å². The quantitative estimate of drug-likeness (QED) is 0.493. The molecule has 1 amide bonds. The van der Waals surface area contributed by atoms with E-state index in [2.05, 4.69) is 25.2 Å². The molecule has 0 aromatic heterocycles. The van der Waals surface area contributed by atoms with Gasteiger partial charge in [0.05, 0.1) is 37.6 Å². The third-order valence-electron chi connectivity index (χ3n) is 6.88. The molecule has 1 aliphatic carbocycles. The lowest BCUT2D eigenvalue weighted by molar-refractivity contribution is -0.124. The molecule has 3 aromatic rings. The van der Waals surface area contributed by atoms with Crippen LogP contribution in [0.15, 0.2) is 84.6 Å². The summed E-state index contributed by atoms with van der Waals surface area (Å²) in [4.78, 5) is 29.8. The molecule has 1 N–H and O–H groups in total. The molecular weight excluding hydrogens is 452 g/mol. The van der Waals surface area contributed by atoms with Crippen molar-refractivity contribution in [2.24, 2.45) is 11.3 Å². The van der Waals surface area contributed by atoms with Crippen molar-refractivity contribution in [3.63, 3.8) is 0 Å². The number of amides is 1. The van der Waals surface area contributed by atoms with Crippen LogP contribution in [0, 0.1) is 11.3 Å². The molecule has 0 unspecified atom stereocenters.